The average Bonchev–Trinajstić information content (AvgIpc) is 3.11. The van der Waals surface area contributed by atoms with Gasteiger partial charge in [-0.2, -0.15) is 9.64 Å². The first kappa shape index (κ1) is 15.0. The van der Waals surface area contributed by atoms with E-state index in [4.69, 9.17) is 16.9 Å². The highest BCUT2D eigenvalue weighted by atomic mass is 35.5. The third-order valence-corrected chi connectivity index (χ3v) is 5.23. The van der Waals surface area contributed by atoms with Gasteiger partial charge in [-0.3, -0.25) is 4.98 Å². The third kappa shape index (κ3) is 2.70. The summed E-state index contributed by atoms with van der Waals surface area (Å²) in [5.74, 6) is 0.743. The van der Waals surface area contributed by atoms with E-state index in [1.807, 2.05) is 23.6 Å². The number of pyridine rings is 1. The highest BCUT2D eigenvalue weighted by Gasteiger charge is 2.18. The molecule has 0 fully saturated rings. The molecule has 0 N–H and O–H groups in total. The molecule has 0 unspecified atom stereocenters. The van der Waals surface area contributed by atoms with E-state index in [1.54, 1.807) is 12.4 Å². The zero-order valence-electron chi connectivity index (χ0n) is 11.4. The number of aromatic nitrogens is 5. The van der Waals surface area contributed by atoms with Crippen LogP contribution in [0.5, 0.6) is 0 Å². The van der Waals surface area contributed by atoms with Gasteiger partial charge in [0.15, 0.2) is 16.1 Å². The fourth-order valence-corrected chi connectivity index (χ4v) is 4.00. The molecule has 0 aromatic carbocycles. The van der Waals surface area contributed by atoms with Crippen molar-refractivity contribution in [2.75, 3.05) is 0 Å². The maximum Gasteiger partial charge on any atom is 0.197 e. The number of hydrogen-bond acceptors (Lipinski definition) is 7. The Labute approximate surface area is 140 Å². The van der Waals surface area contributed by atoms with Crippen LogP contribution in [0.4, 0.5) is 0 Å². The third-order valence-electron chi connectivity index (χ3n) is 2.87. The van der Waals surface area contributed by atoms with Crippen molar-refractivity contribution in [2.24, 2.45) is 0 Å². The highest BCUT2D eigenvalue weighted by molar-refractivity contribution is 8.01. The second kappa shape index (κ2) is 6.44. The zero-order valence-corrected chi connectivity index (χ0v) is 13.8. The second-order valence-electron chi connectivity index (χ2n) is 4.14. The van der Waals surface area contributed by atoms with Gasteiger partial charge in [-0.25, -0.2) is 0 Å². The minimum absolute atomic E-state index is 0.227. The van der Waals surface area contributed by atoms with E-state index in [-0.39, 0.29) is 5.15 Å². The number of halogens is 1. The second-order valence-corrected chi connectivity index (χ2v) is 6.51. The van der Waals surface area contributed by atoms with Gasteiger partial charge < -0.3 is 4.57 Å². The molecule has 22 heavy (non-hydrogen) atoms. The molecule has 3 aromatic rings. The van der Waals surface area contributed by atoms with Crippen LogP contribution in [0, 0.1) is 11.3 Å². The Balaban J connectivity index is 1.99. The monoisotopic (exact) mass is 348 g/mol. The van der Waals surface area contributed by atoms with Crippen LogP contribution in [0.3, 0.4) is 0 Å². The molecule has 0 aliphatic rings. The highest BCUT2D eigenvalue weighted by Crippen LogP contribution is 2.36. The van der Waals surface area contributed by atoms with E-state index < -0.39 is 0 Å². The van der Waals surface area contributed by atoms with E-state index in [0.717, 1.165) is 11.4 Å². The molecule has 0 saturated heterocycles. The summed E-state index contributed by atoms with van der Waals surface area (Å²) in [7, 11) is 0. The summed E-state index contributed by atoms with van der Waals surface area (Å²) in [4.78, 5) is 4.10. The Hall–Kier alpha value is -1.95. The Bertz CT molecular complexity index is 836. The largest absolute Gasteiger partial charge is 0.302 e. The van der Waals surface area contributed by atoms with Gasteiger partial charge in [0.1, 0.15) is 15.8 Å². The predicted octanol–water partition coefficient (Wildman–Crippen LogP) is 3.49. The quantitative estimate of drug-likeness (QED) is 0.717. The minimum Gasteiger partial charge on any atom is -0.302 e. The van der Waals surface area contributed by atoms with Crippen molar-refractivity contribution < 1.29 is 0 Å². The molecule has 110 valence electrons. The van der Waals surface area contributed by atoms with Crippen molar-refractivity contribution in [1.82, 2.24) is 24.1 Å². The normalized spacial score (nSPS) is 10.6. The van der Waals surface area contributed by atoms with Gasteiger partial charge in [0.2, 0.25) is 0 Å². The zero-order chi connectivity index (χ0) is 15.5. The van der Waals surface area contributed by atoms with E-state index in [2.05, 4.69) is 25.6 Å². The molecule has 3 rings (SSSR count). The van der Waals surface area contributed by atoms with E-state index in [9.17, 15) is 0 Å². The van der Waals surface area contributed by atoms with Crippen LogP contribution < -0.4 is 0 Å². The van der Waals surface area contributed by atoms with Crippen LogP contribution >= 0.6 is 34.9 Å². The molecule has 3 aromatic heterocycles. The van der Waals surface area contributed by atoms with E-state index in [1.165, 1.54) is 23.3 Å². The summed E-state index contributed by atoms with van der Waals surface area (Å²) in [5.41, 5.74) is 1.27. The van der Waals surface area contributed by atoms with Gasteiger partial charge >= 0.3 is 0 Å². The number of nitrogens with zero attached hydrogens (tertiary/aromatic N) is 6. The molecule has 9 heteroatoms. The van der Waals surface area contributed by atoms with Gasteiger partial charge in [-0.15, -0.1) is 10.2 Å². The van der Waals surface area contributed by atoms with Crippen LogP contribution in [-0.4, -0.2) is 24.1 Å². The van der Waals surface area contributed by atoms with Crippen molar-refractivity contribution in [3.63, 3.8) is 0 Å². The van der Waals surface area contributed by atoms with Gasteiger partial charge in [0.25, 0.3) is 0 Å². The topological polar surface area (TPSA) is 80.3 Å². The minimum atomic E-state index is 0.227. The lowest BCUT2D eigenvalue weighted by molar-refractivity contribution is 0.687. The van der Waals surface area contributed by atoms with Crippen LogP contribution in [0.2, 0.25) is 5.15 Å². The summed E-state index contributed by atoms with van der Waals surface area (Å²) >= 11 is 8.43. The average molecular weight is 349 g/mol. The summed E-state index contributed by atoms with van der Waals surface area (Å²) < 4.78 is 6.68. The summed E-state index contributed by atoms with van der Waals surface area (Å²) in [5, 5.41) is 18.5. The maximum absolute atomic E-state index is 9.14. The molecular weight excluding hydrogens is 340 g/mol. The molecular formula is C13H9ClN6S2. The fourth-order valence-electron chi connectivity index (χ4n) is 1.86. The molecule has 0 aliphatic carbocycles. The Kier molecular flexibility index (Phi) is 4.38. The van der Waals surface area contributed by atoms with Crippen molar-refractivity contribution in [3.05, 3.63) is 35.2 Å². The lowest BCUT2D eigenvalue weighted by Crippen LogP contribution is -1.99. The van der Waals surface area contributed by atoms with Gasteiger partial charge in [-0.05, 0) is 42.4 Å². The van der Waals surface area contributed by atoms with Gasteiger partial charge in [0, 0.05) is 24.5 Å². The lowest BCUT2D eigenvalue weighted by atomic mass is 10.3. The summed E-state index contributed by atoms with van der Waals surface area (Å²) in [6.07, 6.45) is 3.46. The van der Waals surface area contributed by atoms with Crippen LogP contribution in [0.15, 0.2) is 33.9 Å². The van der Waals surface area contributed by atoms with E-state index >= 15 is 0 Å². The first-order chi connectivity index (χ1) is 10.7. The Morgan fingerprint density at radius 3 is 3.00 bits per heavy atom. The first-order valence-electron chi connectivity index (χ1n) is 6.31. The Morgan fingerprint density at radius 1 is 1.45 bits per heavy atom. The summed E-state index contributed by atoms with van der Waals surface area (Å²) in [6.45, 7) is 2.71. The molecule has 0 bridgehead atoms. The van der Waals surface area contributed by atoms with Crippen molar-refractivity contribution in [1.29, 1.82) is 5.26 Å². The Morgan fingerprint density at radius 2 is 2.32 bits per heavy atom. The fraction of sp³-hybridized carbons (Fsp3) is 0.154. The molecule has 0 aliphatic heterocycles. The summed E-state index contributed by atoms with van der Waals surface area (Å²) in [6, 6.07) is 5.85. The number of hydrogen-bond donors (Lipinski definition) is 0. The molecule has 0 saturated carbocycles. The van der Waals surface area contributed by atoms with Crippen molar-refractivity contribution in [3.8, 4) is 17.5 Å². The van der Waals surface area contributed by atoms with Crippen LogP contribution in [-0.2, 0) is 6.54 Å². The molecule has 3 heterocycles. The van der Waals surface area contributed by atoms with Crippen LogP contribution in [0.25, 0.3) is 11.4 Å². The van der Waals surface area contributed by atoms with Gasteiger partial charge in [0.05, 0.1) is 0 Å². The van der Waals surface area contributed by atoms with E-state index in [0.29, 0.717) is 21.5 Å². The predicted molar refractivity (Wildman–Crippen MR) is 84.9 cm³/mol. The molecule has 0 spiro atoms. The standard InChI is InChI=1S/C13H9ClN6S2/c1-2-20-11(8-4-3-5-16-7-8)17-18-13(20)21-12-9(6-15)10(14)19-22-12/h3-5,7H,2H2,1H3. The van der Waals surface area contributed by atoms with Gasteiger partial charge in [-0.1, -0.05) is 11.6 Å². The maximum atomic E-state index is 9.14. The first-order valence-corrected chi connectivity index (χ1v) is 8.28. The molecule has 6 nitrogen and oxygen atoms in total. The van der Waals surface area contributed by atoms with Crippen LogP contribution in [0.1, 0.15) is 12.5 Å². The SMILES string of the molecule is CCn1c(Sc2snc(Cl)c2C#N)nnc1-c1cccnc1. The number of rotatable bonds is 4. The molecule has 0 amide bonds. The molecule has 0 atom stereocenters. The van der Waals surface area contributed by atoms with Crippen molar-refractivity contribution in [2.45, 2.75) is 22.8 Å². The van der Waals surface area contributed by atoms with Crippen molar-refractivity contribution >= 4 is 34.9 Å². The molecule has 0 radical (unpaired) electrons. The number of nitriles is 1. The lowest BCUT2D eigenvalue weighted by Gasteiger charge is -2.06. The smallest absolute Gasteiger partial charge is 0.197 e.